The fourth-order valence-corrected chi connectivity index (χ4v) is 1.78. The molecule has 0 saturated carbocycles. The summed E-state index contributed by atoms with van der Waals surface area (Å²) >= 11 is 5.97. The van der Waals surface area contributed by atoms with Gasteiger partial charge in [0.25, 0.3) is 0 Å². The molecule has 0 fully saturated rings. The highest BCUT2D eigenvalue weighted by atomic mass is 35.5. The third kappa shape index (κ3) is 2.47. The molecule has 4 nitrogen and oxygen atoms in total. The van der Waals surface area contributed by atoms with Gasteiger partial charge in [0.1, 0.15) is 5.75 Å². The van der Waals surface area contributed by atoms with Crippen LogP contribution in [0.15, 0.2) is 24.3 Å². The van der Waals surface area contributed by atoms with Gasteiger partial charge in [-0.25, -0.2) is 9.97 Å². The van der Waals surface area contributed by atoms with E-state index in [9.17, 15) is 0 Å². The Bertz CT molecular complexity index is 537. The third-order valence-corrected chi connectivity index (χ3v) is 2.54. The van der Waals surface area contributed by atoms with Gasteiger partial charge in [-0.2, -0.15) is 0 Å². The Hall–Kier alpha value is -1.81. The highest BCUT2D eigenvalue weighted by Gasteiger charge is 2.09. The number of rotatable bonds is 2. The minimum atomic E-state index is 0.238. The average Bonchev–Trinajstić information content (AvgIpc) is 2.27. The van der Waals surface area contributed by atoms with Crippen LogP contribution in [0.25, 0.3) is 11.3 Å². The number of nitrogen functional groups attached to an aromatic ring is 1. The first-order valence-electron chi connectivity index (χ1n) is 5.05. The van der Waals surface area contributed by atoms with Crippen LogP contribution in [0.2, 0.25) is 5.02 Å². The maximum absolute atomic E-state index is 5.97. The van der Waals surface area contributed by atoms with Crippen molar-refractivity contribution in [2.75, 3.05) is 12.8 Å². The highest BCUT2D eigenvalue weighted by molar-refractivity contribution is 6.30. The lowest BCUT2D eigenvalue weighted by Crippen LogP contribution is -1.99. The molecule has 5 heteroatoms. The summed E-state index contributed by atoms with van der Waals surface area (Å²) in [7, 11) is 1.60. The molecule has 1 aromatic heterocycles. The predicted molar refractivity (Wildman–Crippen MR) is 68.2 cm³/mol. The molecule has 0 unspecified atom stereocenters. The van der Waals surface area contributed by atoms with Crippen LogP contribution in [0, 0.1) is 6.92 Å². The van der Waals surface area contributed by atoms with Crippen LogP contribution in [0.5, 0.6) is 5.75 Å². The number of anilines is 1. The Morgan fingerprint density at radius 1 is 1.24 bits per heavy atom. The molecule has 0 saturated heterocycles. The third-order valence-electron chi connectivity index (χ3n) is 2.31. The van der Waals surface area contributed by atoms with Gasteiger partial charge in [-0.15, -0.1) is 0 Å². The fraction of sp³-hybridized carbons (Fsp3) is 0.167. The Balaban J connectivity index is 2.62. The molecule has 17 heavy (non-hydrogen) atoms. The van der Waals surface area contributed by atoms with Crippen molar-refractivity contribution in [2.24, 2.45) is 0 Å². The second-order valence-electron chi connectivity index (χ2n) is 3.60. The number of methoxy groups -OCH3 is 1. The van der Waals surface area contributed by atoms with E-state index in [1.807, 2.05) is 13.0 Å². The molecular weight excluding hydrogens is 238 g/mol. The zero-order valence-electron chi connectivity index (χ0n) is 9.57. The van der Waals surface area contributed by atoms with Crippen LogP contribution in [0.1, 0.15) is 5.69 Å². The van der Waals surface area contributed by atoms with E-state index in [1.165, 1.54) is 0 Å². The molecule has 0 bridgehead atoms. The lowest BCUT2D eigenvalue weighted by molar-refractivity contribution is 0.416. The molecule has 2 N–H and O–H groups in total. The number of benzene rings is 1. The normalized spacial score (nSPS) is 10.3. The van der Waals surface area contributed by atoms with Crippen LogP contribution in [-0.2, 0) is 0 Å². The number of aryl methyl sites for hydroxylation is 1. The van der Waals surface area contributed by atoms with Crippen LogP contribution < -0.4 is 10.5 Å². The Morgan fingerprint density at radius 3 is 2.65 bits per heavy atom. The zero-order chi connectivity index (χ0) is 12.4. The first-order valence-corrected chi connectivity index (χ1v) is 5.43. The number of hydrogen-bond acceptors (Lipinski definition) is 4. The summed E-state index contributed by atoms with van der Waals surface area (Å²) < 4.78 is 5.27. The van der Waals surface area contributed by atoms with E-state index in [4.69, 9.17) is 22.1 Å². The minimum absolute atomic E-state index is 0.238. The topological polar surface area (TPSA) is 61.0 Å². The van der Waals surface area contributed by atoms with Gasteiger partial charge in [-0.05, 0) is 31.2 Å². The fourth-order valence-electron chi connectivity index (χ4n) is 1.61. The zero-order valence-corrected chi connectivity index (χ0v) is 10.3. The van der Waals surface area contributed by atoms with E-state index in [1.54, 1.807) is 25.3 Å². The number of aromatic nitrogens is 2. The van der Waals surface area contributed by atoms with E-state index in [-0.39, 0.29) is 5.95 Å². The van der Waals surface area contributed by atoms with Gasteiger partial charge in [0.05, 0.1) is 12.8 Å². The molecule has 0 spiro atoms. The number of nitrogens with zero attached hydrogens (tertiary/aromatic N) is 2. The number of hydrogen-bond donors (Lipinski definition) is 1. The molecule has 0 radical (unpaired) electrons. The van der Waals surface area contributed by atoms with Crippen molar-refractivity contribution < 1.29 is 4.74 Å². The predicted octanol–water partition coefficient (Wildman–Crippen LogP) is 2.70. The smallest absolute Gasteiger partial charge is 0.220 e. The number of nitrogens with two attached hydrogens (primary N) is 1. The maximum Gasteiger partial charge on any atom is 0.220 e. The van der Waals surface area contributed by atoms with Gasteiger partial charge in [0.2, 0.25) is 5.95 Å². The molecule has 1 aromatic carbocycles. The Kier molecular flexibility index (Phi) is 3.15. The molecule has 1 heterocycles. The standard InChI is InChI=1S/C12H12ClN3O/c1-7-5-10(16-12(14)15-7)9-6-8(13)3-4-11(9)17-2/h3-6H,1-2H3,(H2,14,15,16). The summed E-state index contributed by atoms with van der Waals surface area (Å²) in [4.78, 5) is 8.21. The molecular formula is C12H12ClN3O. The SMILES string of the molecule is COc1ccc(Cl)cc1-c1cc(C)nc(N)n1. The minimum Gasteiger partial charge on any atom is -0.496 e. The van der Waals surface area contributed by atoms with Crippen molar-refractivity contribution >= 4 is 17.5 Å². The van der Waals surface area contributed by atoms with Crippen molar-refractivity contribution in [1.82, 2.24) is 9.97 Å². The first-order chi connectivity index (χ1) is 8.10. The molecule has 2 rings (SSSR count). The molecule has 0 aliphatic carbocycles. The molecule has 2 aromatic rings. The summed E-state index contributed by atoms with van der Waals surface area (Å²) in [6.45, 7) is 1.86. The van der Waals surface area contributed by atoms with Crippen molar-refractivity contribution in [2.45, 2.75) is 6.92 Å². The molecule has 0 atom stereocenters. The Morgan fingerprint density at radius 2 is 2.00 bits per heavy atom. The second-order valence-corrected chi connectivity index (χ2v) is 4.03. The molecule has 0 aliphatic heterocycles. The lowest BCUT2D eigenvalue weighted by atomic mass is 10.1. The van der Waals surface area contributed by atoms with E-state index < -0.39 is 0 Å². The van der Waals surface area contributed by atoms with Gasteiger partial charge < -0.3 is 10.5 Å². The van der Waals surface area contributed by atoms with E-state index >= 15 is 0 Å². The summed E-state index contributed by atoms with van der Waals surface area (Å²) in [6.07, 6.45) is 0. The summed E-state index contributed by atoms with van der Waals surface area (Å²) in [5.41, 5.74) is 7.94. The summed E-state index contributed by atoms with van der Waals surface area (Å²) in [5.74, 6) is 0.939. The van der Waals surface area contributed by atoms with Crippen molar-refractivity contribution in [3.63, 3.8) is 0 Å². The van der Waals surface area contributed by atoms with Gasteiger partial charge in [0, 0.05) is 16.3 Å². The highest BCUT2D eigenvalue weighted by Crippen LogP contribution is 2.31. The monoisotopic (exact) mass is 249 g/mol. The van der Waals surface area contributed by atoms with Crippen LogP contribution in [-0.4, -0.2) is 17.1 Å². The average molecular weight is 250 g/mol. The van der Waals surface area contributed by atoms with E-state index in [0.29, 0.717) is 16.5 Å². The molecule has 88 valence electrons. The lowest BCUT2D eigenvalue weighted by Gasteiger charge is -2.09. The van der Waals surface area contributed by atoms with Crippen molar-refractivity contribution in [3.8, 4) is 17.0 Å². The largest absolute Gasteiger partial charge is 0.496 e. The van der Waals surface area contributed by atoms with Crippen LogP contribution >= 0.6 is 11.6 Å². The van der Waals surface area contributed by atoms with Crippen LogP contribution in [0.4, 0.5) is 5.95 Å². The quantitative estimate of drug-likeness (QED) is 0.889. The van der Waals surface area contributed by atoms with Crippen molar-refractivity contribution in [1.29, 1.82) is 0 Å². The van der Waals surface area contributed by atoms with Gasteiger partial charge >= 0.3 is 0 Å². The summed E-state index contributed by atoms with van der Waals surface area (Å²) in [6, 6.07) is 7.19. The van der Waals surface area contributed by atoms with E-state index in [2.05, 4.69) is 9.97 Å². The maximum atomic E-state index is 5.97. The number of halogens is 1. The van der Waals surface area contributed by atoms with E-state index in [0.717, 1.165) is 11.3 Å². The second kappa shape index (κ2) is 4.59. The van der Waals surface area contributed by atoms with Crippen molar-refractivity contribution in [3.05, 3.63) is 35.0 Å². The molecule has 0 aliphatic rings. The summed E-state index contributed by atoms with van der Waals surface area (Å²) in [5, 5.41) is 0.621. The Labute approximate surface area is 104 Å². The van der Waals surface area contributed by atoms with Crippen LogP contribution in [0.3, 0.4) is 0 Å². The molecule has 0 amide bonds. The number of ether oxygens (including phenoxy) is 1. The van der Waals surface area contributed by atoms with Gasteiger partial charge in [-0.3, -0.25) is 0 Å². The first kappa shape index (κ1) is 11.7. The van der Waals surface area contributed by atoms with Gasteiger partial charge in [-0.1, -0.05) is 11.6 Å². The van der Waals surface area contributed by atoms with Gasteiger partial charge in [0.15, 0.2) is 0 Å².